The lowest BCUT2D eigenvalue weighted by Crippen LogP contribution is -2.53. The largest absolute Gasteiger partial charge is 0.497 e. The number of rotatable bonds is 3. The Kier molecular flexibility index (Phi) is 4.96. The summed E-state index contributed by atoms with van der Waals surface area (Å²) in [5.74, 6) is 1.29. The summed E-state index contributed by atoms with van der Waals surface area (Å²) in [5.41, 5.74) is 0.727. The van der Waals surface area contributed by atoms with Gasteiger partial charge in [-0.15, -0.1) is 0 Å². The Morgan fingerprint density at radius 3 is 2.38 bits per heavy atom. The van der Waals surface area contributed by atoms with E-state index < -0.39 is 9.84 Å². The average molecular weight is 353 g/mol. The van der Waals surface area contributed by atoms with Crippen molar-refractivity contribution in [3.05, 3.63) is 24.3 Å². The molecule has 1 aromatic rings. The summed E-state index contributed by atoms with van der Waals surface area (Å²) in [5, 5.41) is 2.88. The number of urea groups is 1. The first-order chi connectivity index (χ1) is 11.5. The van der Waals surface area contributed by atoms with Gasteiger partial charge in [-0.25, -0.2) is 13.2 Å². The van der Waals surface area contributed by atoms with Gasteiger partial charge in [-0.2, -0.15) is 0 Å². The van der Waals surface area contributed by atoms with E-state index in [1.807, 2.05) is 0 Å². The highest BCUT2D eigenvalue weighted by atomic mass is 32.2. The highest BCUT2D eigenvalue weighted by Crippen LogP contribution is 2.20. The number of hydrogen-bond acceptors (Lipinski definition) is 5. The van der Waals surface area contributed by atoms with E-state index in [0.29, 0.717) is 19.5 Å². The van der Waals surface area contributed by atoms with Crippen LogP contribution in [0.15, 0.2) is 24.3 Å². The van der Waals surface area contributed by atoms with Gasteiger partial charge in [0.05, 0.1) is 18.6 Å². The summed E-state index contributed by atoms with van der Waals surface area (Å²) in [4.78, 5) is 16.3. The third-order valence-electron chi connectivity index (χ3n) is 4.67. The van der Waals surface area contributed by atoms with Crippen LogP contribution in [-0.2, 0) is 9.84 Å². The molecule has 2 aliphatic rings. The van der Waals surface area contributed by atoms with E-state index in [1.165, 1.54) is 0 Å². The number of methoxy groups -OCH3 is 1. The van der Waals surface area contributed by atoms with Gasteiger partial charge in [0.15, 0.2) is 9.84 Å². The van der Waals surface area contributed by atoms with E-state index >= 15 is 0 Å². The Balaban J connectivity index is 1.49. The first kappa shape index (κ1) is 17.0. The molecule has 7 nitrogen and oxygen atoms in total. The number of nitrogens with one attached hydrogen (secondary N) is 1. The van der Waals surface area contributed by atoms with E-state index in [-0.39, 0.29) is 23.6 Å². The van der Waals surface area contributed by atoms with Crippen LogP contribution in [0.4, 0.5) is 10.5 Å². The summed E-state index contributed by atoms with van der Waals surface area (Å²) in [6.07, 6.45) is 0.709. The van der Waals surface area contributed by atoms with Crippen LogP contribution in [0.5, 0.6) is 5.75 Å². The van der Waals surface area contributed by atoms with Crippen molar-refractivity contribution in [2.24, 2.45) is 0 Å². The molecule has 0 aliphatic carbocycles. The van der Waals surface area contributed by atoms with Gasteiger partial charge >= 0.3 is 6.03 Å². The Hall–Kier alpha value is -1.80. The average Bonchev–Trinajstić information content (AvgIpc) is 2.95. The summed E-state index contributed by atoms with van der Waals surface area (Å²) >= 11 is 0. The van der Waals surface area contributed by atoms with E-state index in [4.69, 9.17) is 4.74 Å². The van der Waals surface area contributed by atoms with E-state index in [0.717, 1.165) is 24.5 Å². The lowest BCUT2D eigenvalue weighted by Gasteiger charge is -2.37. The number of sulfone groups is 1. The van der Waals surface area contributed by atoms with Gasteiger partial charge in [0.1, 0.15) is 5.75 Å². The van der Waals surface area contributed by atoms with Crippen LogP contribution in [0, 0.1) is 0 Å². The molecule has 3 rings (SSSR count). The maximum absolute atomic E-state index is 12.3. The fourth-order valence-corrected chi connectivity index (χ4v) is 4.99. The minimum absolute atomic E-state index is 0.113. The molecule has 132 valence electrons. The van der Waals surface area contributed by atoms with Crippen LogP contribution in [0.1, 0.15) is 6.42 Å². The van der Waals surface area contributed by atoms with Gasteiger partial charge in [-0.1, -0.05) is 0 Å². The van der Waals surface area contributed by atoms with Gasteiger partial charge in [0.25, 0.3) is 0 Å². The minimum atomic E-state index is -2.87. The highest BCUT2D eigenvalue weighted by Gasteiger charge is 2.34. The molecule has 2 amide bonds. The number of carbonyl (C=O) groups excluding carboxylic acids is 1. The molecule has 0 spiro atoms. The Morgan fingerprint density at radius 2 is 1.83 bits per heavy atom. The first-order valence-corrected chi connectivity index (χ1v) is 9.93. The topological polar surface area (TPSA) is 79.0 Å². The molecule has 2 heterocycles. The number of carbonyl (C=O) groups is 1. The Morgan fingerprint density at radius 1 is 1.17 bits per heavy atom. The van der Waals surface area contributed by atoms with E-state index in [9.17, 15) is 13.2 Å². The van der Waals surface area contributed by atoms with Crippen molar-refractivity contribution in [2.75, 3.05) is 50.1 Å². The summed E-state index contributed by atoms with van der Waals surface area (Å²) in [6, 6.07) is 7.19. The molecule has 1 aromatic carbocycles. The molecule has 2 aliphatic heterocycles. The highest BCUT2D eigenvalue weighted by molar-refractivity contribution is 7.91. The van der Waals surface area contributed by atoms with Crippen molar-refractivity contribution in [1.29, 1.82) is 0 Å². The van der Waals surface area contributed by atoms with Gasteiger partial charge in [-0.05, 0) is 30.7 Å². The number of piperazine rings is 1. The third kappa shape index (κ3) is 3.99. The molecule has 2 fully saturated rings. The predicted octanol–water partition coefficient (Wildman–Crippen LogP) is 1.03. The van der Waals surface area contributed by atoms with Crippen molar-refractivity contribution < 1.29 is 17.9 Å². The zero-order valence-corrected chi connectivity index (χ0v) is 14.6. The number of hydrogen-bond donors (Lipinski definition) is 1. The van der Waals surface area contributed by atoms with Crippen molar-refractivity contribution >= 4 is 21.6 Å². The van der Waals surface area contributed by atoms with Crippen LogP contribution in [0.2, 0.25) is 0 Å². The fourth-order valence-electron chi connectivity index (χ4n) is 3.23. The van der Waals surface area contributed by atoms with E-state index in [2.05, 4.69) is 10.2 Å². The maximum Gasteiger partial charge on any atom is 0.321 e. The lowest BCUT2D eigenvalue weighted by molar-refractivity contribution is 0.121. The molecule has 1 atom stereocenters. The summed E-state index contributed by atoms with van der Waals surface area (Å²) in [6.45, 7) is 2.66. The third-order valence-corrected chi connectivity index (χ3v) is 6.42. The van der Waals surface area contributed by atoms with Gasteiger partial charge in [0.2, 0.25) is 0 Å². The molecular formula is C16H23N3O4S. The minimum Gasteiger partial charge on any atom is -0.497 e. The Labute approximate surface area is 142 Å². The smallest absolute Gasteiger partial charge is 0.321 e. The second kappa shape index (κ2) is 6.98. The second-order valence-electron chi connectivity index (χ2n) is 6.24. The molecule has 1 N–H and O–H groups in total. The number of amides is 2. The van der Waals surface area contributed by atoms with Gasteiger partial charge in [-0.3, -0.25) is 4.90 Å². The number of nitrogens with zero attached hydrogens (tertiary/aromatic N) is 2. The standard InChI is InChI=1S/C16H23N3O4S/c1-23-15-4-2-13(3-5-15)17-16(20)19-9-7-18(8-10-19)14-6-11-24(21,22)12-14/h2-5,14H,6-12H2,1H3,(H,17,20). The monoisotopic (exact) mass is 353 g/mol. The first-order valence-electron chi connectivity index (χ1n) is 8.11. The molecular weight excluding hydrogens is 330 g/mol. The SMILES string of the molecule is COc1ccc(NC(=O)N2CCN(C3CCS(=O)(=O)C3)CC2)cc1. The van der Waals surface area contributed by atoms with Crippen LogP contribution in [-0.4, -0.2) is 75.1 Å². The normalized spacial score (nSPS) is 23.9. The van der Waals surface area contributed by atoms with Crippen LogP contribution in [0.3, 0.4) is 0 Å². The molecule has 0 radical (unpaired) electrons. The van der Waals surface area contributed by atoms with Gasteiger partial charge < -0.3 is 15.0 Å². The lowest BCUT2D eigenvalue weighted by atomic mass is 10.2. The number of ether oxygens (including phenoxy) is 1. The molecule has 0 aromatic heterocycles. The second-order valence-corrected chi connectivity index (χ2v) is 8.47. The molecule has 24 heavy (non-hydrogen) atoms. The quantitative estimate of drug-likeness (QED) is 0.878. The van der Waals surface area contributed by atoms with Crippen molar-refractivity contribution in [1.82, 2.24) is 9.80 Å². The van der Waals surface area contributed by atoms with Crippen LogP contribution < -0.4 is 10.1 Å². The zero-order chi connectivity index (χ0) is 17.2. The fraction of sp³-hybridized carbons (Fsp3) is 0.562. The van der Waals surface area contributed by atoms with E-state index in [1.54, 1.807) is 36.3 Å². The number of benzene rings is 1. The summed E-state index contributed by atoms with van der Waals surface area (Å²) in [7, 11) is -1.27. The predicted molar refractivity (Wildman–Crippen MR) is 92.2 cm³/mol. The van der Waals surface area contributed by atoms with Crippen molar-refractivity contribution in [3.63, 3.8) is 0 Å². The Bertz CT molecular complexity index is 682. The zero-order valence-electron chi connectivity index (χ0n) is 13.8. The summed E-state index contributed by atoms with van der Waals surface area (Å²) < 4.78 is 28.3. The molecule has 8 heteroatoms. The van der Waals surface area contributed by atoms with Crippen LogP contribution in [0.25, 0.3) is 0 Å². The van der Waals surface area contributed by atoms with Gasteiger partial charge in [0, 0.05) is 37.9 Å². The molecule has 1 unspecified atom stereocenters. The maximum atomic E-state index is 12.3. The molecule has 0 saturated carbocycles. The number of anilines is 1. The van der Waals surface area contributed by atoms with Crippen molar-refractivity contribution in [3.8, 4) is 5.75 Å². The molecule has 0 bridgehead atoms. The van der Waals surface area contributed by atoms with Crippen molar-refractivity contribution in [2.45, 2.75) is 12.5 Å². The molecule has 2 saturated heterocycles. The van der Waals surface area contributed by atoms with Crippen LogP contribution >= 0.6 is 0 Å².